The molecule has 0 unspecified atom stereocenters. The van der Waals surface area contributed by atoms with E-state index in [-0.39, 0.29) is 18.1 Å². The fraction of sp³-hybridized carbons (Fsp3) is 0.800. The Morgan fingerprint density at radius 3 is 2.07 bits per heavy atom. The van der Waals surface area contributed by atoms with Crippen molar-refractivity contribution in [1.29, 1.82) is 0 Å². The summed E-state index contributed by atoms with van der Waals surface area (Å²) in [6.07, 6.45) is 1.93. The van der Waals surface area contributed by atoms with Gasteiger partial charge in [0.05, 0.1) is 0 Å². The Hall–Kier alpha value is -1.26. The van der Waals surface area contributed by atoms with Gasteiger partial charge in [0.25, 0.3) is 0 Å². The molecule has 2 fully saturated rings. The first-order chi connectivity index (χ1) is 7.16. The van der Waals surface area contributed by atoms with E-state index in [1.54, 1.807) is 16.7 Å². The summed E-state index contributed by atoms with van der Waals surface area (Å²) in [5.74, 6) is 0.0743. The monoisotopic (exact) mass is 212 g/mol. The maximum atomic E-state index is 11.5. The van der Waals surface area contributed by atoms with E-state index in [0.717, 1.165) is 12.8 Å². The van der Waals surface area contributed by atoms with Crippen LogP contribution < -0.4 is 0 Å². The average molecular weight is 212 g/mol. The van der Waals surface area contributed by atoms with Crippen LogP contribution in [-0.4, -0.2) is 54.1 Å². The van der Waals surface area contributed by atoms with E-state index in [9.17, 15) is 9.59 Å². The number of nitrogens with zero attached hydrogens (tertiary/aromatic N) is 2. The summed E-state index contributed by atoms with van der Waals surface area (Å²) < 4.78 is 5.18. The summed E-state index contributed by atoms with van der Waals surface area (Å²) >= 11 is 0. The molecule has 0 bridgehead atoms. The second kappa shape index (κ2) is 4.08. The Labute approximate surface area is 89.0 Å². The molecule has 0 N–H and O–H groups in total. The molecule has 1 aliphatic carbocycles. The van der Waals surface area contributed by atoms with E-state index in [0.29, 0.717) is 26.2 Å². The van der Waals surface area contributed by atoms with E-state index < -0.39 is 0 Å². The molecule has 5 nitrogen and oxygen atoms in total. The Morgan fingerprint density at radius 2 is 1.60 bits per heavy atom. The second-order valence-electron chi connectivity index (χ2n) is 4.08. The van der Waals surface area contributed by atoms with Crippen LogP contribution in [0.1, 0.15) is 19.8 Å². The third kappa shape index (κ3) is 2.61. The van der Waals surface area contributed by atoms with Gasteiger partial charge in [-0.2, -0.15) is 0 Å². The molecule has 2 aliphatic rings. The van der Waals surface area contributed by atoms with Crippen molar-refractivity contribution < 1.29 is 14.3 Å². The molecular weight excluding hydrogens is 196 g/mol. The Kier molecular flexibility index (Phi) is 2.79. The maximum absolute atomic E-state index is 11.5. The molecule has 0 atom stereocenters. The molecule has 0 radical (unpaired) electrons. The molecule has 0 aromatic heterocycles. The summed E-state index contributed by atoms with van der Waals surface area (Å²) in [5.41, 5.74) is 0. The van der Waals surface area contributed by atoms with Gasteiger partial charge in [0.2, 0.25) is 5.91 Å². The zero-order chi connectivity index (χ0) is 10.8. The van der Waals surface area contributed by atoms with Crippen molar-refractivity contribution in [3.8, 4) is 0 Å². The predicted octanol–water partition coefficient (Wildman–Crippen LogP) is 0.450. The van der Waals surface area contributed by atoms with E-state index in [4.69, 9.17) is 4.74 Å². The normalized spacial score (nSPS) is 21.4. The van der Waals surface area contributed by atoms with Gasteiger partial charge in [-0.1, -0.05) is 0 Å². The van der Waals surface area contributed by atoms with Crippen LogP contribution in [0.3, 0.4) is 0 Å². The maximum Gasteiger partial charge on any atom is 0.410 e. The number of ether oxygens (including phenoxy) is 1. The molecule has 15 heavy (non-hydrogen) atoms. The minimum Gasteiger partial charge on any atom is -0.446 e. The van der Waals surface area contributed by atoms with Crippen LogP contribution in [0.25, 0.3) is 0 Å². The van der Waals surface area contributed by atoms with Crippen molar-refractivity contribution in [3.05, 3.63) is 0 Å². The van der Waals surface area contributed by atoms with Crippen LogP contribution in [0.15, 0.2) is 0 Å². The van der Waals surface area contributed by atoms with Gasteiger partial charge in [-0.25, -0.2) is 4.79 Å². The van der Waals surface area contributed by atoms with Gasteiger partial charge in [-0.15, -0.1) is 0 Å². The molecule has 2 rings (SSSR count). The van der Waals surface area contributed by atoms with Crippen molar-refractivity contribution in [3.63, 3.8) is 0 Å². The first-order valence-corrected chi connectivity index (χ1v) is 5.38. The van der Waals surface area contributed by atoms with Crippen LogP contribution >= 0.6 is 0 Å². The largest absolute Gasteiger partial charge is 0.446 e. The first-order valence-electron chi connectivity index (χ1n) is 5.38. The molecule has 1 heterocycles. The number of amides is 2. The topological polar surface area (TPSA) is 49.9 Å². The van der Waals surface area contributed by atoms with E-state index in [2.05, 4.69) is 0 Å². The molecule has 0 aromatic rings. The highest BCUT2D eigenvalue weighted by molar-refractivity contribution is 5.74. The third-order valence-corrected chi connectivity index (χ3v) is 2.78. The summed E-state index contributed by atoms with van der Waals surface area (Å²) in [6.45, 7) is 3.97. The van der Waals surface area contributed by atoms with Gasteiger partial charge in [-0.05, 0) is 12.8 Å². The van der Waals surface area contributed by atoms with Gasteiger partial charge in [0, 0.05) is 33.1 Å². The number of hydrogen-bond donors (Lipinski definition) is 0. The van der Waals surface area contributed by atoms with Gasteiger partial charge in [-0.3, -0.25) is 4.79 Å². The first kappa shape index (κ1) is 10.3. The lowest BCUT2D eigenvalue weighted by atomic mass is 10.3. The molecule has 2 amide bonds. The summed E-state index contributed by atoms with van der Waals surface area (Å²) in [7, 11) is 0. The van der Waals surface area contributed by atoms with Crippen LogP contribution in [-0.2, 0) is 9.53 Å². The van der Waals surface area contributed by atoms with Gasteiger partial charge >= 0.3 is 6.09 Å². The minimum atomic E-state index is -0.222. The number of piperazine rings is 1. The predicted molar refractivity (Wildman–Crippen MR) is 53.3 cm³/mol. The lowest BCUT2D eigenvalue weighted by Crippen LogP contribution is -2.50. The molecule has 5 heteroatoms. The zero-order valence-electron chi connectivity index (χ0n) is 8.94. The molecule has 1 saturated carbocycles. The highest BCUT2D eigenvalue weighted by Crippen LogP contribution is 2.24. The van der Waals surface area contributed by atoms with E-state index >= 15 is 0 Å². The molecule has 0 aromatic carbocycles. The van der Waals surface area contributed by atoms with Crippen LogP contribution in [0.2, 0.25) is 0 Å². The fourth-order valence-electron chi connectivity index (χ4n) is 1.61. The number of rotatable bonds is 1. The van der Waals surface area contributed by atoms with Crippen molar-refractivity contribution >= 4 is 12.0 Å². The smallest absolute Gasteiger partial charge is 0.410 e. The van der Waals surface area contributed by atoms with Crippen LogP contribution in [0.4, 0.5) is 4.79 Å². The Bertz CT molecular complexity index is 268. The summed E-state index contributed by atoms with van der Waals surface area (Å²) in [5, 5.41) is 0. The minimum absolute atomic E-state index is 0.0743. The molecule has 84 valence electrons. The van der Waals surface area contributed by atoms with Crippen molar-refractivity contribution in [2.24, 2.45) is 0 Å². The average Bonchev–Trinajstić information content (AvgIpc) is 3.02. The van der Waals surface area contributed by atoms with Crippen LogP contribution in [0, 0.1) is 0 Å². The molecular formula is C10H16N2O3. The lowest BCUT2D eigenvalue weighted by molar-refractivity contribution is -0.130. The quantitative estimate of drug-likeness (QED) is 0.634. The Morgan fingerprint density at radius 1 is 1.07 bits per heavy atom. The highest BCUT2D eigenvalue weighted by atomic mass is 16.6. The summed E-state index contributed by atoms with van der Waals surface area (Å²) in [6, 6.07) is 0. The van der Waals surface area contributed by atoms with Gasteiger partial charge < -0.3 is 14.5 Å². The van der Waals surface area contributed by atoms with Crippen molar-refractivity contribution in [2.45, 2.75) is 25.9 Å². The molecule has 1 aliphatic heterocycles. The fourth-order valence-corrected chi connectivity index (χ4v) is 1.61. The highest BCUT2D eigenvalue weighted by Gasteiger charge is 2.30. The zero-order valence-corrected chi connectivity index (χ0v) is 8.94. The molecule has 0 spiro atoms. The summed E-state index contributed by atoms with van der Waals surface area (Å²) in [4.78, 5) is 26.0. The van der Waals surface area contributed by atoms with Gasteiger partial charge in [0.15, 0.2) is 0 Å². The van der Waals surface area contributed by atoms with E-state index in [1.165, 1.54) is 0 Å². The van der Waals surface area contributed by atoms with Gasteiger partial charge in [0.1, 0.15) is 6.10 Å². The van der Waals surface area contributed by atoms with Crippen LogP contribution in [0.5, 0.6) is 0 Å². The number of carbonyl (C=O) groups is 2. The second-order valence-corrected chi connectivity index (χ2v) is 4.08. The van der Waals surface area contributed by atoms with Crippen molar-refractivity contribution in [1.82, 2.24) is 9.80 Å². The van der Waals surface area contributed by atoms with E-state index in [1.807, 2.05) is 0 Å². The lowest BCUT2D eigenvalue weighted by Gasteiger charge is -2.33. The standard InChI is InChI=1S/C10H16N2O3/c1-8(13)11-4-6-12(7-5-11)10(14)15-9-2-3-9/h9H,2-7H2,1H3. The number of hydrogen-bond acceptors (Lipinski definition) is 3. The molecule has 1 saturated heterocycles. The van der Waals surface area contributed by atoms with Crippen molar-refractivity contribution in [2.75, 3.05) is 26.2 Å². The SMILES string of the molecule is CC(=O)N1CCN(C(=O)OC2CC2)CC1. The number of carbonyl (C=O) groups excluding carboxylic acids is 2. The Balaban J connectivity index is 1.76. The third-order valence-electron chi connectivity index (χ3n) is 2.78.